The maximum atomic E-state index is 12.0. The average Bonchev–Trinajstić information content (AvgIpc) is 2.43. The van der Waals surface area contributed by atoms with Crippen LogP contribution in [0, 0.1) is 0 Å². The molecular weight excluding hydrogens is 264 g/mol. The van der Waals surface area contributed by atoms with Gasteiger partial charge in [-0.1, -0.05) is 0 Å². The van der Waals surface area contributed by atoms with Gasteiger partial charge < -0.3 is 20.1 Å². The number of aliphatic carboxylic acids is 1. The van der Waals surface area contributed by atoms with Crippen molar-refractivity contribution in [2.45, 2.75) is 45.1 Å². The molecule has 1 heterocycles. The van der Waals surface area contributed by atoms with E-state index in [1.54, 1.807) is 6.92 Å². The predicted octanol–water partition coefficient (Wildman–Crippen LogP) is 0.978. The number of likely N-dealkylation sites (tertiary alicyclic amines) is 1. The van der Waals surface area contributed by atoms with Gasteiger partial charge in [0, 0.05) is 19.5 Å². The van der Waals surface area contributed by atoms with Gasteiger partial charge in [0.15, 0.2) is 0 Å². The summed E-state index contributed by atoms with van der Waals surface area (Å²) in [5, 5.41) is 11.2. The number of hydrogen-bond donors (Lipinski definition) is 2. The van der Waals surface area contributed by atoms with E-state index in [2.05, 4.69) is 5.32 Å². The Morgan fingerprint density at radius 3 is 2.75 bits per heavy atom. The Kier molecular flexibility index (Phi) is 6.83. The zero-order valence-corrected chi connectivity index (χ0v) is 11.8. The number of rotatable bonds is 6. The molecule has 1 atom stereocenters. The second kappa shape index (κ2) is 8.39. The van der Waals surface area contributed by atoms with E-state index < -0.39 is 12.0 Å². The van der Waals surface area contributed by atoms with Crippen LogP contribution >= 0.6 is 0 Å². The first kappa shape index (κ1) is 16.3. The highest BCUT2D eigenvalue weighted by Gasteiger charge is 2.32. The van der Waals surface area contributed by atoms with Crippen molar-refractivity contribution >= 4 is 18.0 Å². The Balaban J connectivity index is 2.45. The van der Waals surface area contributed by atoms with Crippen molar-refractivity contribution in [3.8, 4) is 0 Å². The maximum absolute atomic E-state index is 12.0. The molecule has 1 rings (SSSR count). The number of nitrogens with one attached hydrogen (secondary N) is 1. The lowest BCUT2D eigenvalue weighted by Crippen LogP contribution is -2.52. The van der Waals surface area contributed by atoms with E-state index in [9.17, 15) is 14.4 Å². The normalized spacial score (nSPS) is 18.4. The van der Waals surface area contributed by atoms with E-state index in [-0.39, 0.29) is 25.0 Å². The summed E-state index contributed by atoms with van der Waals surface area (Å²) in [5.41, 5.74) is 0. The molecule has 114 valence electrons. The summed E-state index contributed by atoms with van der Waals surface area (Å²) < 4.78 is 4.98. The second-order valence-electron chi connectivity index (χ2n) is 4.69. The molecule has 0 bridgehead atoms. The Labute approximate surface area is 118 Å². The SMILES string of the molecule is CCOC(=O)C1CCCCN1C(=O)NCCCC(=O)O. The Morgan fingerprint density at radius 2 is 2.10 bits per heavy atom. The highest BCUT2D eigenvalue weighted by molar-refractivity contribution is 5.83. The first-order chi connectivity index (χ1) is 9.56. The van der Waals surface area contributed by atoms with Crippen molar-refractivity contribution in [2.75, 3.05) is 19.7 Å². The van der Waals surface area contributed by atoms with Crippen molar-refractivity contribution in [1.29, 1.82) is 0 Å². The van der Waals surface area contributed by atoms with Gasteiger partial charge in [-0.2, -0.15) is 0 Å². The van der Waals surface area contributed by atoms with E-state index >= 15 is 0 Å². The Bertz CT molecular complexity index is 359. The lowest BCUT2D eigenvalue weighted by molar-refractivity contribution is -0.149. The molecule has 7 heteroatoms. The molecule has 1 aliphatic heterocycles. The van der Waals surface area contributed by atoms with Crippen LogP contribution in [-0.2, 0) is 14.3 Å². The zero-order chi connectivity index (χ0) is 15.0. The molecule has 0 aromatic rings. The molecule has 0 saturated carbocycles. The minimum absolute atomic E-state index is 0.0155. The molecule has 0 aliphatic carbocycles. The lowest BCUT2D eigenvalue weighted by atomic mass is 10.0. The lowest BCUT2D eigenvalue weighted by Gasteiger charge is -2.33. The van der Waals surface area contributed by atoms with Gasteiger partial charge in [0.05, 0.1) is 6.61 Å². The molecule has 20 heavy (non-hydrogen) atoms. The minimum atomic E-state index is -0.887. The van der Waals surface area contributed by atoms with Gasteiger partial charge in [-0.3, -0.25) is 4.79 Å². The smallest absolute Gasteiger partial charge is 0.328 e. The van der Waals surface area contributed by atoms with Gasteiger partial charge in [0.2, 0.25) is 0 Å². The molecule has 0 aromatic carbocycles. The van der Waals surface area contributed by atoms with Crippen molar-refractivity contribution in [2.24, 2.45) is 0 Å². The standard InChI is InChI=1S/C13H22N2O5/c1-2-20-12(18)10-6-3-4-9-15(10)13(19)14-8-5-7-11(16)17/h10H,2-9H2,1H3,(H,14,19)(H,16,17). The number of carboxylic acids is 1. The van der Waals surface area contributed by atoms with Gasteiger partial charge in [-0.05, 0) is 32.6 Å². The molecule has 1 aliphatic rings. The minimum Gasteiger partial charge on any atom is -0.481 e. The van der Waals surface area contributed by atoms with Crippen molar-refractivity contribution < 1.29 is 24.2 Å². The summed E-state index contributed by atoms with van der Waals surface area (Å²) in [6.07, 6.45) is 2.76. The van der Waals surface area contributed by atoms with Crippen LogP contribution in [0.25, 0.3) is 0 Å². The monoisotopic (exact) mass is 286 g/mol. The number of carbonyl (C=O) groups excluding carboxylic acids is 2. The average molecular weight is 286 g/mol. The number of amides is 2. The fourth-order valence-corrected chi connectivity index (χ4v) is 2.19. The molecule has 2 amide bonds. The highest BCUT2D eigenvalue weighted by atomic mass is 16.5. The predicted molar refractivity (Wildman–Crippen MR) is 71.2 cm³/mol. The summed E-state index contributed by atoms with van der Waals surface area (Å²) in [6, 6.07) is -0.851. The molecule has 7 nitrogen and oxygen atoms in total. The summed E-state index contributed by atoms with van der Waals surface area (Å²) >= 11 is 0. The van der Waals surface area contributed by atoms with Crippen LogP contribution in [0.5, 0.6) is 0 Å². The van der Waals surface area contributed by atoms with Crippen LogP contribution in [0.1, 0.15) is 39.0 Å². The topological polar surface area (TPSA) is 95.9 Å². The van der Waals surface area contributed by atoms with Crippen LogP contribution in [0.4, 0.5) is 4.79 Å². The third kappa shape index (κ3) is 5.07. The fourth-order valence-electron chi connectivity index (χ4n) is 2.19. The van der Waals surface area contributed by atoms with Crippen molar-refractivity contribution in [1.82, 2.24) is 10.2 Å². The molecule has 1 saturated heterocycles. The molecule has 0 aromatic heterocycles. The van der Waals surface area contributed by atoms with E-state index in [1.165, 1.54) is 4.90 Å². The van der Waals surface area contributed by atoms with E-state index in [1.807, 2.05) is 0 Å². The molecular formula is C13H22N2O5. The van der Waals surface area contributed by atoms with Crippen molar-refractivity contribution in [3.63, 3.8) is 0 Å². The number of urea groups is 1. The van der Waals surface area contributed by atoms with Gasteiger partial charge in [0.1, 0.15) is 6.04 Å². The second-order valence-corrected chi connectivity index (χ2v) is 4.69. The Hall–Kier alpha value is -1.79. The number of carboxylic acid groups (broad SMARTS) is 1. The Morgan fingerprint density at radius 1 is 1.35 bits per heavy atom. The van der Waals surface area contributed by atoms with Crippen molar-refractivity contribution in [3.05, 3.63) is 0 Å². The van der Waals surface area contributed by atoms with Gasteiger partial charge >= 0.3 is 18.0 Å². The number of carbonyl (C=O) groups is 3. The van der Waals surface area contributed by atoms with E-state index in [4.69, 9.17) is 9.84 Å². The third-order valence-corrected chi connectivity index (χ3v) is 3.17. The van der Waals surface area contributed by atoms with E-state index in [0.29, 0.717) is 26.0 Å². The quantitative estimate of drug-likeness (QED) is 0.560. The summed E-state index contributed by atoms with van der Waals surface area (Å²) in [5.74, 6) is -1.26. The molecule has 2 N–H and O–H groups in total. The molecule has 0 spiro atoms. The zero-order valence-electron chi connectivity index (χ0n) is 11.8. The van der Waals surface area contributed by atoms with Crippen LogP contribution in [-0.4, -0.2) is 53.7 Å². The fraction of sp³-hybridized carbons (Fsp3) is 0.769. The molecule has 0 radical (unpaired) electrons. The van der Waals surface area contributed by atoms with Crippen LogP contribution in [0.15, 0.2) is 0 Å². The highest BCUT2D eigenvalue weighted by Crippen LogP contribution is 2.18. The van der Waals surface area contributed by atoms with Crippen LogP contribution in [0.3, 0.4) is 0 Å². The largest absolute Gasteiger partial charge is 0.481 e. The van der Waals surface area contributed by atoms with Gasteiger partial charge in [-0.15, -0.1) is 0 Å². The summed E-state index contributed by atoms with van der Waals surface area (Å²) in [4.78, 5) is 35.7. The number of nitrogens with zero attached hydrogens (tertiary/aromatic N) is 1. The first-order valence-corrected chi connectivity index (χ1v) is 6.99. The van der Waals surface area contributed by atoms with Crippen LogP contribution < -0.4 is 5.32 Å². The summed E-state index contributed by atoms with van der Waals surface area (Å²) in [6.45, 7) is 2.84. The van der Waals surface area contributed by atoms with Gasteiger partial charge in [0.25, 0.3) is 0 Å². The number of esters is 1. The molecule has 1 fully saturated rings. The summed E-state index contributed by atoms with van der Waals surface area (Å²) in [7, 11) is 0. The van der Waals surface area contributed by atoms with Gasteiger partial charge in [-0.25, -0.2) is 9.59 Å². The molecule has 1 unspecified atom stereocenters. The first-order valence-electron chi connectivity index (χ1n) is 6.99. The number of hydrogen-bond acceptors (Lipinski definition) is 4. The van der Waals surface area contributed by atoms with Crippen LogP contribution in [0.2, 0.25) is 0 Å². The van der Waals surface area contributed by atoms with E-state index in [0.717, 1.165) is 12.8 Å². The number of piperidine rings is 1. The third-order valence-electron chi connectivity index (χ3n) is 3.17. The maximum Gasteiger partial charge on any atom is 0.328 e. The number of ether oxygens (including phenoxy) is 1.